The number of ether oxygens (including phenoxy) is 1. The zero-order valence-electron chi connectivity index (χ0n) is 12.8. The molecule has 116 valence electrons. The third-order valence-corrected chi connectivity index (χ3v) is 3.49. The highest BCUT2D eigenvalue weighted by Crippen LogP contribution is 2.16. The summed E-state index contributed by atoms with van der Waals surface area (Å²) in [4.78, 5) is 13.8. The number of nitrogens with zero attached hydrogens (tertiary/aromatic N) is 1. The summed E-state index contributed by atoms with van der Waals surface area (Å²) in [5.74, 6) is -0.102. The maximum absolute atomic E-state index is 11.2. The van der Waals surface area contributed by atoms with Crippen molar-refractivity contribution in [2.45, 2.75) is 32.6 Å². The van der Waals surface area contributed by atoms with E-state index < -0.39 is 0 Å². The zero-order chi connectivity index (χ0) is 15.7. The van der Waals surface area contributed by atoms with Gasteiger partial charge in [-0.25, -0.2) is 0 Å². The topological polar surface area (TPSA) is 55.6 Å². The van der Waals surface area contributed by atoms with Crippen LogP contribution in [0.25, 0.3) is 0 Å². The zero-order valence-corrected chi connectivity index (χ0v) is 13.6. The van der Waals surface area contributed by atoms with Crippen LogP contribution in [0, 0.1) is 0 Å². The average molecular weight is 308 g/mol. The molecule has 0 atom stereocenters. The van der Waals surface area contributed by atoms with Gasteiger partial charge in [-0.3, -0.25) is 4.79 Å². The largest absolute Gasteiger partial charge is 0.466 e. The molecule has 0 heterocycles. The van der Waals surface area contributed by atoms with Crippen molar-refractivity contribution in [3.8, 4) is 0 Å². The number of esters is 1. The van der Waals surface area contributed by atoms with Crippen molar-refractivity contribution in [1.29, 1.82) is 0 Å². The lowest BCUT2D eigenvalue weighted by molar-refractivity contribution is -0.143. The van der Waals surface area contributed by atoms with E-state index in [-0.39, 0.29) is 5.97 Å². The van der Waals surface area contributed by atoms with Crippen LogP contribution in [0.15, 0.2) is 24.3 Å². The second-order valence-corrected chi connectivity index (χ2v) is 5.39. The van der Waals surface area contributed by atoms with Crippen LogP contribution in [0.1, 0.15) is 38.2 Å². The Balaban J connectivity index is 2.30. The second-order valence-electron chi connectivity index (χ2n) is 4.95. The Labute approximate surface area is 132 Å². The first kappa shape index (κ1) is 17.4. The van der Waals surface area contributed by atoms with Gasteiger partial charge in [-0.1, -0.05) is 30.8 Å². The van der Waals surface area contributed by atoms with Crippen molar-refractivity contribution in [1.82, 2.24) is 0 Å². The van der Waals surface area contributed by atoms with Crippen LogP contribution < -0.4 is 10.6 Å². The number of hydrogen-bond acceptors (Lipinski definition) is 4. The van der Waals surface area contributed by atoms with Crippen molar-refractivity contribution in [3.05, 3.63) is 29.8 Å². The molecule has 0 spiro atoms. The van der Waals surface area contributed by atoms with Gasteiger partial charge in [0.2, 0.25) is 0 Å². The Morgan fingerprint density at radius 2 is 2.10 bits per heavy atom. The monoisotopic (exact) mass is 308 g/mol. The molecular formula is C16H24N2O2S. The average Bonchev–Trinajstić information content (AvgIpc) is 2.47. The van der Waals surface area contributed by atoms with Gasteiger partial charge in [0.15, 0.2) is 0 Å². The van der Waals surface area contributed by atoms with E-state index in [2.05, 4.69) is 4.90 Å². The number of unbranched alkanes of at least 4 members (excludes halogenated alkanes) is 2. The van der Waals surface area contributed by atoms with E-state index >= 15 is 0 Å². The number of benzene rings is 1. The van der Waals surface area contributed by atoms with Crippen molar-refractivity contribution in [3.63, 3.8) is 0 Å². The predicted octanol–water partition coefficient (Wildman–Crippen LogP) is 2.88. The molecule has 0 fully saturated rings. The van der Waals surface area contributed by atoms with Crippen molar-refractivity contribution >= 4 is 28.9 Å². The Morgan fingerprint density at radius 3 is 2.76 bits per heavy atom. The van der Waals surface area contributed by atoms with Crippen LogP contribution in [0.3, 0.4) is 0 Å². The summed E-state index contributed by atoms with van der Waals surface area (Å²) in [5.41, 5.74) is 7.63. The minimum atomic E-state index is -0.102. The molecule has 0 aliphatic heterocycles. The van der Waals surface area contributed by atoms with Crippen molar-refractivity contribution < 1.29 is 9.53 Å². The summed E-state index contributed by atoms with van der Waals surface area (Å²) < 4.78 is 4.90. The van der Waals surface area contributed by atoms with Gasteiger partial charge in [0, 0.05) is 31.3 Å². The molecule has 4 nitrogen and oxygen atoms in total. The highest BCUT2D eigenvalue weighted by atomic mass is 32.1. The SMILES string of the molecule is CCOC(=O)CCCCCN(C)c1cccc(C(N)=S)c1. The lowest BCUT2D eigenvalue weighted by Gasteiger charge is -2.19. The number of carbonyl (C=O) groups is 1. The van der Waals surface area contributed by atoms with Gasteiger partial charge < -0.3 is 15.4 Å². The van der Waals surface area contributed by atoms with Crippen LogP contribution in [0.4, 0.5) is 5.69 Å². The van der Waals surface area contributed by atoms with Crippen molar-refractivity contribution in [2.24, 2.45) is 5.73 Å². The Kier molecular flexibility index (Phi) is 7.75. The summed E-state index contributed by atoms with van der Waals surface area (Å²) in [6.07, 6.45) is 3.43. The predicted molar refractivity (Wildman–Crippen MR) is 90.7 cm³/mol. The summed E-state index contributed by atoms with van der Waals surface area (Å²) in [7, 11) is 2.05. The summed E-state index contributed by atoms with van der Waals surface area (Å²) in [6.45, 7) is 3.22. The van der Waals surface area contributed by atoms with E-state index in [0.29, 0.717) is 18.0 Å². The minimum Gasteiger partial charge on any atom is -0.466 e. The molecule has 1 rings (SSSR count). The van der Waals surface area contributed by atoms with E-state index in [0.717, 1.165) is 37.1 Å². The standard InChI is InChI=1S/C16H24N2O2S/c1-3-20-15(19)10-5-4-6-11-18(2)14-9-7-8-13(12-14)16(17)21/h7-9,12H,3-6,10-11H2,1-2H3,(H2,17,21). The fourth-order valence-corrected chi connectivity index (χ4v) is 2.18. The number of carbonyl (C=O) groups excluding carboxylic acids is 1. The van der Waals surface area contributed by atoms with Gasteiger partial charge in [-0.15, -0.1) is 0 Å². The maximum atomic E-state index is 11.2. The molecule has 0 amide bonds. The van der Waals surface area contributed by atoms with Gasteiger partial charge in [0.25, 0.3) is 0 Å². The van der Waals surface area contributed by atoms with Crippen LogP contribution in [0.2, 0.25) is 0 Å². The normalized spacial score (nSPS) is 10.2. The number of nitrogens with two attached hydrogens (primary N) is 1. The van der Waals surface area contributed by atoms with E-state index in [1.54, 1.807) is 0 Å². The Hall–Kier alpha value is -1.62. The van der Waals surface area contributed by atoms with Crippen LogP contribution in [-0.4, -0.2) is 31.2 Å². The summed E-state index contributed by atoms with van der Waals surface area (Å²) >= 11 is 4.99. The number of anilines is 1. The van der Waals surface area contributed by atoms with E-state index in [4.69, 9.17) is 22.7 Å². The second kappa shape index (κ2) is 9.34. The van der Waals surface area contributed by atoms with Crippen LogP contribution in [0.5, 0.6) is 0 Å². The highest BCUT2D eigenvalue weighted by molar-refractivity contribution is 7.80. The molecule has 0 radical (unpaired) electrons. The third-order valence-electron chi connectivity index (χ3n) is 3.25. The van der Waals surface area contributed by atoms with Gasteiger partial charge in [-0.05, 0) is 31.9 Å². The number of thiocarbonyl (C=S) groups is 1. The van der Waals surface area contributed by atoms with Crippen LogP contribution >= 0.6 is 12.2 Å². The molecule has 2 N–H and O–H groups in total. The lowest BCUT2D eigenvalue weighted by atomic mass is 10.1. The summed E-state index contributed by atoms with van der Waals surface area (Å²) in [5, 5.41) is 0. The molecule has 0 aliphatic rings. The number of hydrogen-bond donors (Lipinski definition) is 1. The fourth-order valence-electron chi connectivity index (χ4n) is 2.05. The van der Waals surface area contributed by atoms with Gasteiger partial charge in [-0.2, -0.15) is 0 Å². The molecule has 21 heavy (non-hydrogen) atoms. The molecule has 1 aromatic carbocycles. The maximum Gasteiger partial charge on any atom is 0.305 e. The number of rotatable bonds is 9. The smallest absolute Gasteiger partial charge is 0.305 e. The molecule has 0 saturated carbocycles. The quantitative estimate of drug-likeness (QED) is 0.432. The third kappa shape index (κ3) is 6.58. The Morgan fingerprint density at radius 1 is 1.33 bits per heavy atom. The molecule has 1 aromatic rings. The lowest BCUT2D eigenvalue weighted by Crippen LogP contribution is -2.19. The molecular weight excluding hydrogens is 284 g/mol. The first-order valence-corrected chi connectivity index (χ1v) is 7.72. The molecule has 0 unspecified atom stereocenters. The highest BCUT2D eigenvalue weighted by Gasteiger charge is 2.04. The molecule has 0 bridgehead atoms. The van der Waals surface area contributed by atoms with Gasteiger partial charge in [0.05, 0.1) is 6.61 Å². The molecule has 0 aliphatic carbocycles. The Bertz CT molecular complexity index is 477. The molecule has 5 heteroatoms. The van der Waals surface area contributed by atoms with Crippen LogP contribution in [-0.2, 0) is 9.53 Å². The molecule has 0 aromatic heterocycles. The van der Waals surface area contributed by atoms with Crippen molar-refractivity contribution in [2.75, 3.05) is 25.1 Å². The minimum absolute atomic E-state index is 0.102. The van der Waals surface area contributed by atoms with Gasteiger partial charge >= 0.3 is 5.97 Å². The molecule has 0 saturated heterocycles. The first-order chi connectivity index (χ1) is 10.0. The van der Waals surface area contributed by atoms with E-state index in [1.807, 2.05) is 38.2 Å². The summed E-state index contributed by atoms with van der Waals surface area (Å²) in [6, 6.07) is 7.92. The fraction of sp³-hybridized carbons (Fsp3) is 0.500. The van der Waals surface area contributed by atoms with Gasteiger partial charge in [0.1, 0.15) is 4.99 Å². The van der Waals surface area contributed by atoms with E-state index in [1.165, 1.54) is 0 Å². The first-order valence-electron chi connectivity index (χ1n) is 7.31. The van der Waals surface area contributed by atoms with E-state index in [9.17, 15) is 4.79 Å².